The smallest absolute Gasteiger partial charge is 0.216 e. The van der Waals surface area contributed by atoms with Crippen LogP contribution in [0.25, 0.3) is 11.4 Å². The van der Waals surface area contributed by atoms with Crippen molar-refractivity contribution >= 4 is 10.0 Å². The van der Waals surface area contributed by atoms with E-state index in [4.69, 9.17) is 0 Å². The molecule has 0 aliphatic rings. The van der Waals surface area contributed by atoms with Crippen LogP contribution in [0, 0.1) is 11.6 Å². The lowest BCUT2D eigenvalue weighted by Crippen LogP contribution is -2.26. The first-order chi connectivity index (χ1) is 12.3. The first kappa shape index (κ1) is 18.1. The van der Waals surface area contributed by atoms with Crippen molar-refractivity contribution in [2.75, 3.05) is 0 Å². The molecule has 2 heterocycles. The summed E-state index contributed by atoms with van der Waals surface area (Å²) >= 11 is 0. The molecule has 3 rings (SSSR count). The SMILES string of the molecule is Cn1nc(-c2cnccn2)cc1CNS(=O)(=O)Cc1cc(F)ccc1F. The molecule has 0 radical (unpaired) electrons. The van der Waals surface area contributed by atoms with E-state index in [2.05, 4.69) is 19.8 Å². The molecule has 0 unspecified atom stereocenters. The molecule has 0 saturated heterocycles. The maximum absolute atomic E-state index is 13.6. The summed E-state index contributed by atoms with van der Waals surface area (Å²) in [5.74, 6) is -2.13. The number of aryl methyl sites for hydroxylation is 1. The summed E-state index contributed by atoms with van der Waals surface area (Å²) in [5, 5.41) is 4.26. The van der Waals surface area contributed by atoms with Crippen LogP contribution in [0.15, 0.2) is 42.9 Å². The minimum Gasteiger partial charge on any atom is -0.271 e. The average molecular weight is 379 g/mol. The maximum Gasteiger partial charge on any atom is 0.216 e. The lowest BCUT2D eigenvalue weighted by Gasteiger charge is -2.08. The fourth-order valence-corrected chi connectivity index (χ4v) is 3.42. The fraction of sp³-hybridized carbons (Fsp3) is 0.188. The number of halogens is 2. The van der Waals surface area contributed by atoms with Gasteiger partial charge < -0.3 is 0 Å². The number of sulfonamides is 1. The highest BCUT2D eigenvalue weighted by atomic mass is 32.2. The van der Waals surface area contributed by atoms with Crippen molar-refractivity contribution in [3.05, 3.63) is 65.7 Å². The summed E-state index contributed by atoms with van der Waals surface area (Å²) in [5.41, 5.74) is 1.45. The Labute approximate surface area is 148 Å². The molecule has 0 aliphatic heterocycles. The molecular weight excluding hydrogens is 364 g/mol. The summed E-state index contributed by atoms with van der Waals surface area (Å²) in [7, 11) is -2.21. The molecule has 0 saturated carbocycles. The van der Waals surface area contributed by atoms with Gasteiger partial charge in [-0.2, -0.15) is 5.10 Å². The second kappa shape index (κ2) is 7.26. The molecule has 1 aromatic carbocycles. The summed E-state index contributed by atoms with van der Waals surface area (Å²) in [6.07, 6.45) is 4.61. The third-order valence-corrected chi connectivity index (χ3v) is 4.90. The van der Waals surface area contributed by atoms with E-state index in [0.29, 0.717) is 17.1 Å². The molecule has 0 amide bonds. The van der Waals surface area contributed by atoms with Crippen molar-refractivity contribution in [3.63, 3.8) is 0 Å². The van der Waals surface area contributed by atoms with Crippen molar-refractivity contribution in [2.24, 2.45) is 7.05 Å². The van der Waals surface area contributed by atoms with Crippen LogP contribution in [0.1, 0.15) is 11.3 Å². The van der Waals surface area contributed by atoms with Gasteiger partial charge in [-0.15, -0.1) is 0 Å². The van der Waals surface area contributed by atoms with Crippen molar-refractivity contribution in [1.82, 2.24) is 24.5 Å². The van der Waals surface area contributed by atoms with Crippen LogP contribution in [-0.4, -0.2) is 28.2 Å². The highest BCUT2D eigenvalue weighted by Crippen LogP contribution is 2.16. The number of hydrogen-bond acceptors (Lipinski definition) is 5. The van der Waals surface area contributed by atoms with Crippen molar-refractivity contribution in [2.45, 2.75) is 12.3 Å². The van der Waals surface area contributed by atoms with E-state index in [1.165, 1.54) is 17.1 Å². The quantitative estimate of drug-likeness (QED) is 0.705. The highest BCUT2D eigenvalue weighted by molar-refractivity contribution is 7.88. The number of aromatic nitrogens is 4. The second-order valence-electron chi connectivity index (χ2n) is 5.55. The number of hydrogen-bond donors (Lipinski definition) is 1. The van der Waals surface area contributed by atoms with Gasteiger partial charge in [-0.1, -0.05) is 0 Å². The molecule has 0 aliphatic carbocycles. The molecule has 0 bridgehead atoms. The van der Waals surface area contributed by atoms with Crippen LogP contribution in [0.4, 0.5) is 8.78 Å². The first-order valence-electron chi connectivity index (χ1n) is 7.54. The number of nitrogens with zero attached hydrogens (tertiary/aromatic N) is 4. The van der Waals surface area contributed by atoms with Gasteiger partial charge in [-0.05, 0) is 24.3 Å². The van der Waals surface area contributed by atoms with Crippen LogP contribution in [0.5, 0.6) is 0 Å². The Bertz CT molecular complexity index is 1020. The van der Waals surface area contributed by atoms with Gasteiger partial charge in [0.2, 0.25) is 10.0 Å². The predicted molar refractivity (Wildman–Crippen MR) is 90.1 cm³/mol. The second-order valence-corrected chi connectivity index (χ2v) is 7.36. The Morgan fingerprint density at radius 2 is 1.96 bits per heavy atom. The molecule has 26 heavy (non-hydrogen) atoms. The topological polar surface area (TPSA) is 89.8 Å². The summed E-state index contributed by atoms with van der Waals surface area (Å²) in [4.78, 5) is 8.09. The Kier molecular flexibility index (Phi) is 5.05. The van der Waals surface area contributed by atoms with Crippen molar-refractivity contribution < 1.29 is 17.2 Å². The zero-order valence-corrected chi connectivity index (χ0v) is 14.5. The van der Waals surface area contributed by atoms with Gasteiger partial charge in [0.25, 0.3) is 0 Å². The molecule has 0 spiro atoms. The highest BCUT2D eigenvalue weighted by Gasteiger charge is 2.17. The summed E-state index contributed by atoms with van der Waals surface area (Å²) in [6, 6.07) is 4.37. The summed E-state index contributed by atoms with van der Waals surface area (Å²) < 4.78 is 55.0. The molecule has 10 heteroatoms. The fourth-order valence-electron chi connectivity index (χ4n) is 2.32. The van der Waals surface area contributed by atoms with Crippen LogP contribution in [0.3, 0.4) is 0 Å². The molecule has 7 nitrogen and oxygen atoms in total. The van der Waals surface area contributed by atoms with Crippen molar-refractivity contribution in [1.29, 1.82) is 0 Å². The van der Waals surface area contributed by atoms with Gasteiger partial charge in [-0.25, -0.2) is 21.9 Å². The molecule has 1 N–H and O–H groups in total. The number of nitrogens with one attached hydrogen (secondary N) is 1. The van der Waals surface area contributed by atoms with E-state index >= 15 is 0 Å². The van der Waals surface area contributed by atoms with Crippen LogP contribution >= 0.6 is 0 Å². The minimum atomic E-state index is -3.87. The predicted octanol–water partition coefficient (Wildman–Crippen LogP) is 1.77. The monoisotopic (exact) mass is 379 g/mol. The minimum absolute atomic E-state index is 0.0525. The van der Waals surface area contributed by atoms with E-state index in [1.807, 2.05) is 0 Å². The van der Waals surface area contributed by atoms with E-state index in [-0.39, 0.29) is 12.1 Å². The first-order valence-corrected chi connectivity index (χ1v) is 9.20. The standard InChI is InChI=1S/C16H15F2N5O2S/c1-23-13(7-15(22-23)16-9-19-4-5-20-16)8-21-26(24,25)10-11-6-12(17)2-3-14(11)18/h2-7,9,21H,8,10H2,1H3. The van der Waals surface area contributed by atoms with Gasteiger partial charge in [0.1, 0.15) is 23.0 Å². The largest absolute Gasteiger partial charge is 0.271 e. The van der Waals surface area contributed by atoms with Crippen LogP contribution in [0.2, 0.25) is 0 Å². The lowest BCUT2D eigenvalue weighted by atomic mass is 10.2. The van der Waals surface area contributed by atoms with Gasteiger partial charge in [0.15, 0.2) is 0 Å². The van der Waals surface area contributed by atoms with E-state index in [0.717, 1.165) is 18.2 Å². The maximum atomic E-state index is 13.6. The van der Waals surface area contributed by atoms with Crippen molar-refractivity contribution in [3.8, 4) is 11.4 Å². The third-order valence-electron chi connectivity index (χ3n) is 3.63. The van der Waals surface area contributed by atoms with E-state index in [9.17, 15) is 17.2 Å². The summed E-state index contributed by atoms with van der Waals surface area (Å²) in [6.45, 7) is -0.0525. The lowest BCUT2D eigenvalue weighted by molar-refractivity contribution is 0.567. The molecule has 0 atom stereocenters. The molecule has 0 fully saturated rings. The van der Waals surface area contributed by atoms with E-state index in [1.54, 1.807) is 19.3 Å². The van der Waals surface area contributed by atoms with Gasteiger partial charge in [0.05, 0.1) is 24.2 Å². The molecular formula is C16H15F2N5O2S. The number of rotatable bonds is 6. The van der Waals surface area contributed by atoms with Crippen LogP contribution in [-0.2, 0) is 29.4 Å². The Morgan fingerprint density at radius 3 is 2.69 bits per heavy atom. The van der Waals surface area contributed by atoms with Gasteiger partial charge in [0, 0.05) is 25.0 Å². The zero-order valence-electron chi connectivity index (χ0n) is 13.7. The molecule has 3 aromatic rings. The molecule has 2 aromatic heterocycles. The van der Waals surface area contributed by atoms with Gasteiger partial charge in [-0.3, -0.25) is 14.6 Å². The average Bonchev–Trinajstić information content (AvgIpc) is 2.98. The number of benzene rings is 1. The third kappa shape index (κ3) is 4.27. The Balaban J connectivity index is 1.72. The van der Waals surface area contributed by atoms with E-state index < -0.39 is 27.4 Å². The van der Waals surface area contributed by atoms with Crippen LogP contribution < -0.4 is 4.72 Å². The molecule has 136 valence electrons. The normalized spacial score (nSPS) is 11.7. The van der Waals surface area contributed by atoms with Gasteiger partial charge >= 0.3 is 0 Å². The zero-order chi connectivity index (χ0) is 18.7. The Hall–Kier alpha value is -2.72. The Morgan fingerprint density at radius 1 is 1.15 bits per heavy atom.